The average Bonchev–Trinajstić information content (AvgIpc) is 3.39. The van der Waals surface area contributed by atoms with Gasteiger partial charge in [0.2, 0.25) is 5.91 Å². The second kappa shape index (κ2) is 11.4. The third-order valence-corrected chi connectivity index (χ3v) is 5.95. The second-order valence-electron chi connectivity index (χ2n) is 8.99. The van der Waals surface area contributed by atoms with Crippen LogP contribution in [0.1, 0.15) is 71.4 Å². The van der Waals surface area contributed by atoms with Gasteiger partial charge >= 0.3 is 5.97 Å². The molecule has 0 aliphatic carbocycles. The number of rotatable bonds is 11. The van der Waals surface area contributed by atoms with Gasteiger partial charge in [0.25, 0.3) is 0 Å². The van der Waals surface area contributed by atoms with E-state index in [1.807, 2.05) is 0 Å². The van der Waals surface area contributed by atoms with Crippen LogP contribution in [-0.4, -0.2) is 50.4 Å². The van der Waals surface area contributed by atoms with Crippen molar-refractivity contribution in [2.45, 2.75) is 83.5 Å². The molecule has 0 radical (unpaired) electrons. The summed E-state index contributed by atoms with van der Waals surface area (Å²) in [6.07, 6.45) is 5.09. The molecule has 0 aromatic carbocycles. The Balaban J connectivity index is 1.74. The van der Waals surface area contributed by atoms with E-state index in [4.69, 9.17) is 9.47 Å². The molecule has 0 spiro atoms. The van der Waals surface area contributed by atoms with Crippen LogP contribution in [0.25, 0.3) is 5.52 Å². The van der Waals surface area contributed by atoms with E-state index in [9.17, 15) is 20.0 Å². The monoisotopic (exact) mass is 471 g/mol. The van der Waals surface area contributed by atoms with E-state index >= 15 is 0 Å². The number of aromatic nitrogens is 3. The predicted molar refractivity (Wildman–Crippen MR) is 124 cm³/mol. The van der Waals surface area contributed by atoms with Gasteiger partial charge in [-0.05, 0) is 18.6 Å². The van der Waals surface area contributed by atoms with Crippen LogP contribution < -0.4 is 5.32 Å². The van der Waals surface area contributed by atoms with Crippen LogP contribution in [-0.2, 0) is 24.7 Å². The molecule has 3 atom stereocenters. The molecule has 1 fully saturated rings. The highest BCUT2D eigenvalue weighted by atomic mass is 16.6. The molecule has 3 rings (SSSR count). The third kappa shape index (κ3) is 5.72. The Morgan fingerprint density at radius 3 is 2.82 bits per heavy atom. The summed E-state index contributed by atoms with van der Waals surface area (Å²) in [6.45, 7) is 5.42. The van der Waals surface area contributed by atoms with Crippen molar-refractivity contribution in [3.05, 3.63) is 24.2 Å². The van der Waals surface area contributed by atoms with Crippen molar-refractivity contribution in [3.8, 4) is 6.07 Å². The molecule has 184 valence electrons. The Morgan fingerprint density at radius 2 is 2.12 bits per heavy atom. The summed E-state index contributed by atoms with van der Waals surface area (Å²) in [7, 11) is 0. The number of nitrogens with one attached hydrogen (secondary N) is 1. The first-order chi connectivity index (χ1) is 16.3. The van der Waals surface area contributed by atoms with Crippen molar-refractivity contribution < 1.29 is 24.2 Å². The average molecular weight is 472 g/mol. The molecule has 1 amide bonds. The minimum atomic E-state index is -1.49. The maximum absolute atomic E-state index is 12.4. The largest absolute Gasteiger partial charge is 0.463 e. The van der Waals surface area contributed by atoms with Crippen molar-refractivity contribution in [3.63, 3.8) is 0 Å². The Kier molecular flexibility index (Phi) is 8.58. The number of amides is 1. The Labute approximate surface area is 199 Å². The van der Waals surface area contributed by atoms with Crippen molar-refractivity contribution in [1.82, 2.24) is 14.6 Å². The number of hydrogen-bond acceptors (Lipinski definition) is 8. The van der Waals surface area contributed by atoms with Gasteiger partial charge in [0.15, 0.2) is 11.4 Å². The summed E-state index contributed by atoms with van der Waals surface area (Å²) in [5.74, 6) is -0.504. The highest BCUT2D eigenvalue weighted by molar-refractivity contribution is 5.93. The maximum Gasteiger partial charge on any atom is 0.308 e. The molecule has 0 unspecified atom stereocenters. The van der Waals surface area contributed by atoms with Gasteiger partial charge in [0, 0.05) is 12.8 Å². The number of carbonyl (C=O) groups excluding carboxylic acids is 2. The van der Waals surface area contributed by atoms with E-state index < -0.39 is 23.8 Å². The lowest BCUT2D eigenvalue weighted by molar-refractivity contribution is -0.154. The van der Waals surface area contributed by atoms with Crippen molar-refractivity contribution >= 4 is 23.2 Å². The minimum absolute atomic E-state index is 0.0109. The highest BCUT2D eigenvalue weighted by Gasteiger charge is 2.50. The van der Waals surface area contributed by atoms with Gasteiger partial charge in [0.1, 0.15) is 30.6 Å². The summed E-state index contributed by atoms with van der Waals surface area (Å²) >= 11 is 0. The number of fused-ring (bicyclic) bond motifs is 1. The number of ether oxygens (including phenoxy) is 2. The molecule has 10 nitrogen and oxygen atoms in total. The first-order valence-electron chi connectivity index (χ1n) is 11.9. The van der Waals surface area contributed by atoms with E-state index in [0.29, 0.717) is 23.4 Å². The minimum Gasteiger partial charge on any atom is -0.463 e. The molecular formula is C24H33N5O5. The Morgan fingerprint density at radius 1 is 1.35 bits per heavy atom. The lowest BCUT2D eigenvalue weighted by Gasteiger charge is -2.21. The smallest absolute Gasteiger partial charge is 0.308 e. The first kappa shape index (κ1) is 25.6. The molecule has 2 aromatic rings. The molecule has 1 aliphatic heterocycles. The lowest BCUT2D eigenvalue weighted by Crippen LogP contribution is -2.30. The summed E-state index contributed by atoms with van der Waals surface area (Å²) < 4.78 is 12.6. The van der Waals surface area contributed by atoms with E-state index in [2.05, 4.69) is 28.4 Å². The van der Waals surface area contributed by atoms with E-state index in [1.54, 1.807) is 26.0 Å². The van der Waals surface area contributed by atoms with Crippen LogP contribution in [0.4, 0.5) is 5.82 Å². The number of nitriles is 1. The number of unbranched alkanes of at least 4 members (excludes halogenated alkanes) is 4. The van der Waals surface area contributed by atoms with E-state index in [-0.39, 0.29) is 24.9 Å². The number of aliphatic hydroxyl groups is 1. The standard InChI is InChI=1S/C24H33N5O5/c1-4-5-6-7-8-9-21(31)28-22-17-10-11-20(29(17)27-15-26-22)24(14-25)12-18(30)19(34-24)13-33-23(32)16(2)3/h10-11,15-16,18-19,30H,4-9,12-13H2,1-3H3,(H,26,27,28,31)/t18-,19+,24-/m0/s1. The van der Waals surface area contributed by atoms with Gasteiger partial charge in [0.05, 0.1) is 17.7 Å². The normalized spacial score (nSPS) is 22.1. The van der Waals surface area contributed by atoms with Crippen LogP contribution >= 0.6 is 0 Å². The van der Waals surface area contributed by atoms with Crippen molar-refractivity contribution in [2.75, 3.05) is 11.9 Å². The first-order valence-corrected chi connectivity index (χ1v) is 11.9. The topological polar surface area (TPSA) is 139 Å². The van der Waals surface area contributed by atoms with Gasteiger partial charge in [-0.1, -0.05) is 46.5 Å². The molecule has 2 aromatic heterocycles. The summed E-state index contributed by atoms with van der Waals surface area (Å²) in [6, 6.07) is 5.53. The fourth-order valence-corrected chi connectivity index (χ4v) is 4.00. The van der Waals surface area contributed by atoms with Crippen molar-refractivity contribution in [1.29, 1.82) is 5.26 Å². The Bertz CT molecular complexity index is 1050. The molecule has 1 aliphatic rings. The molecule has 3 heterocycles. The lowest BCUT2D eigenvalue weighted by atomic mass is 9.96. The number of hydrogen-bond donors (Lipinski definition) is 2. The molecule has 34 heavy (non-hydrogen) atoms. The van der Waals surface area contributed by atoms with Crippen LogP contribution in [0.15, 0.2) is 18.5 Å². The van der Waals surface area contributed by atoms with Gasteiger partial charge in [-0.15, -0.1) is 0 Å². The molecule has 1 saturated heterocycles. The maximum atomic E-state index is 12.4. The molecule has 2 N–H and O–H groups in total. The number of carbonyl (C=O) groups is 2. The fraction of sp³-hybridized carbons (Fsp3) is 0.625. The SMILES string of the molecule is CCCCCCCC(=O)Nc1ncnn2c([C@@]3(C#N)C[C@H](O)[C@@H](COC(=O)C(C)C)O3)ccc12. The molecule has 0 bridgehead atoms. The quantitative estimate of drug-likeness (QED) is 0.376. The van der Waals surface area contributed by atoms with Crippen LogP contribution in [0, 0.1) is 17.2 Å². The number of aliphatic hydroxyl groups excluding tert-OH is 1. The van der Waals surface area contributed by atoms with E-state index in [1.165, 1.54) is 17.3 Å². The van der Waals surface area contributed by atoms with Crippen LogP contribution in [0.3, 0.4) is 0 Å². The van der Waals surface area contributed by atoms with Gasteiger partial charge in [-0.25, -0.2) is 9.50 Å². The molecular weight excluding hydrogens is 438 g/mol. The van der Waals surface area contributed by atoms with Crippen LogP contribution in [0.5, 0.6) is 0 Å². The zero-order valence-corrected chi connectivity index (χ0v) is 20.0. The molecule has 0 saturated carbocycles. The number of anilines is 1. The van der Waals surface area contributed by atoms with Gasteiger partial charge in [-0.3, -0.25) is 9.59 Å². The Hall–Kier alpha value is -3.03. The number of nitrogens with zero attached hydrogens (tertiary/aromatic N) is 4. The van der Waals surface area contributed by atoms with Gasteiger partial charge in [-0.2, -0.15) is 10.4 Å². The number of esters is 1. The third-order valence-electron chi connectivity index (χ3n) is 5.95. The summed E-state index contributed by atoms with van der Waals surface area (Å²) in [4.78, 5) is 28.4. The zero-order chi connectivity index (χ0) is 24.7. The van der Waals surface area contributed by atoms with Crippen LogP contribution in [0.2, 0.25) is 0 Å². The zero-order valence-electron chi connectivity index (χ0n) is 20.0. The van der Waals surface area contributed by atoms with Gasteiger partial charge < -0.3 is 19.9 Å². The highest BCUT2D eigenvalue weighted by Crippen LogP contribution is 2.40. The fourth-order valence-electron chi connectivity index (χ4n) is 4.00. The summed E-state index contributed by atoms with van der Waals surface area (Å²) in [5, 5.41) is 27.6. The van der Waals surface area contributed by atoms with Crippen molar-refractivity contribution in [2.24, 2.45) is 5.92 Å². The predicted octanol–water partition coefficient (Wildman–Crippen LogP) is 3.10. The van der Waals surface area contributed by atoms with E-state index in [0.717, 1.165) is 25.7 Å². The molecule has 10 heteroatoms. The summed E-state index contributed by atoms with van der Waals surface area (Å²) in [5.41, 5.74) is -0.575. The second-order valence-corrected chi connectivity index (χ2v) is 8.99.